The number of rotatable bonds is 13. The smallest absolute Gasteiger partial charge is 0.744 e. The van der Waals surface area contributed by atoms with Crippen molar-refractivity contribution >= 4 is 31.0 Å². The van der Waals surface area contributed by atoms with Crippen LogP contribution in [0, 0.1) is 0 Å². The predicted molar refractivity (Wildman–Crippen MR) is 142 cm³/mol. The van der Waals surface area contributed by atoms with Gasteiger partial charge in [0.2, 0.25) is 0 Å². The van der Waals surface area contributed by atoms with Crippen LogP contribution in [0.4, 0.5) is 0 Å². The molecule has 0 amide bonds. The number of benzene rings is 3. The molecule has 0 N–H and O–H groups in total. The molecule has 3 aromatic rings. The van der Waals surface area contributed by atoms with E-state index < -0.39 is 20.2 Å². The molecule has 198 valence electrons. The van der Waals surface area contributed by atoms with E-state index in [1.807, 2.05) is 0 Å². The molecule has 0 fully saturated rings. The van der Waals surface area contributed by atoms with Crippen LogP contribution in [0.25, 0.3) is 10.8 Å². The Morgan fingerprint density at radius 2 is 1.00 bits per heavy atom. The average Bonchev–Trinajstić information content (AvgIpc) is 2.84. The van der Waals surface area contributed by atoms with E-state index in [1.165, 1.54) is 63.5 Å². The summed E-state index contributed by atoms with van der Waals surface area (Å²) in [6.45, 7) is 2.23. The van der Waals surface area contributed by atoms with Crippen LogP contribution >= 0.6 is 0 Å². The van der Waals surface area contributed by atoms with Gasteiger partial charge < -0.3 is 9.11 Å². The molecule has 0 atom stereocenters. The van der Waals surface area contributed by atoms with Gasteiger partial charge in [0.25, 0.3) is 0 Å². The van der Waals surface area contributed by atoms with Gasteiger partial charge in [0, 0.05) is 0 Å². The molecule has 6 nitrogen and oxygen atoms in total. The van der Waals surface area contributed by atoms with E-state index in [4.69, 9.17) is 0 Å². The zero-order chi connectivity index (χ0) is 26.4. The van der Waals surface area contributed by atoms with Crippen molar-refractivity contribution in [3.05, 3.63) is 72.3 Å². The predicted octanol–water partition coefficient (Wildman–Crippen LogP) is 0.806. The first kappa shape index (κ1) is 37.7. The van der Waals surface area contributed by atoms with Gasteiger partial charge in [0.05, 0.1) is 9.79 Å². The molecule has 0 saturated heterocycles. The van der Waals surface area contributed by atoms with Crippen molar-refractivity contribution in [1.29, 1.82) is 0 Å². The fourth-order valence-electron chi connectivity index (χ4n) is 4.17. The van der Waals surface area contributed by atoms with Gasteiger partial charge in [0.1, 0.15) is 20.2 Å². The third-order valence-corrected chi connectivity index (χ3v) is 7.89. The standard InChI is InChI=1S/C18H30O3S.C10H8O3S.2Na/c1-2-3-4-5-6-7-8-9-10-11-14-17-15-12-13-16-18(17)22(19,20)21;11-14(12,13)10-7-3-5-8-4-1-2-6-9(8)10;;/h12-13,15-16H,2-11,14H2,1H3,(H,19,20,21);1-7H,(H,11,12,13);;/q;;2*+1/p-2. The largest absolute Gasteiger partial charge is 1.00 e. The van der Waals surface area contributed by atoms with E-state index in [9.17, 15) is 25.9 Å². The van der Waals surface area contributed by atoms with Crippen LogP contribution in [0.5, 0.6) is 0 Å². The molecule has 10 heteroatoms. The third-order valence-electron chi connectivity index (χ3n) is 6.06. The molecule has 0 aliphatic heterocycles. The summed E-state index contributed by atoms with van der Waals surface area (Å²) in [7, 11) is -8.73. The Morgan fingerprint density at radius 3 is 1.58 bits per heavy atom. The topological polar surface area (TPSA) is 114 Å². The number of unbranched alkanes of at least 4 members (excludes halogenated alkanes) is 9. The summed E-state index contributed by atoms with van der Waals surface area (Å²) in [4.78, 5) is -0.207. The van der Waals surface area contributed by atoms with Gasteiger partial charge in [-0.2, -0.15) is 0 Å². The molecule has 0 aromatic heterocycles. The zero-order valence-corrected chi connectivity index (χ0v) is 28.5. The van der Waals surface area contributed by atoms with E-state index in [-0.39, 0.29) is 68.9 Å². The van der Waals surface area contributed by atoms with Crippen molar-refractivity contribution in [2.24, 2.45) is 0 Å². The maximum absolute atomic E-state index is 11.2. The van der Waals surface area contributed by atoms with Crippen molar-refractivity contribution in [2.45, 2.75) is 87.3 Å². The normalized spacial score (nSPS) is 11.1. The summed E-state index contributed by atoms with van der Waals surface area (Å²) in [6, 6.07) is 18.1. The molecular weight excluding hydrogens is 542 g/mol. The van der Waals surface area contributed by atoms with Crippen LogP contribution in [0.15, 0.2) is 76.5 Å². The molecule has 0 bridgehead atoms. The van der Waals surface area contributed by atoms with E-state index in [2.05, 4.69) is 6.92 Å². The molecule has 0 saturated carbocycles. The number of aryl methyl sites for hydroxylation is 1. The number of fused-ring (bicyclic) bond motifs is 1. The average molecular weight is 579 g/mol. The van der Waals surface area contributed by atoms with Gasteiger partial charge in [0.15, 0.2) is 0 Å². The van der Waals surface area contributed by atoms with Crippen molar-refractivity contribution in [3.63, 3.8) is 0 Å². The van der Waals surface area contributed by atoms with E-state index in [0.717, 1.165) is 18.2 Å². The Hall–Kier alpha value is -0.260. The van der Waals surface area contributed by atoms with Crippen molar-refractivity contribution in [1.82, 2.24) is 0 Å². The summed E-state index contributed by atoms with van der Waals surface area (Å²) >= 11 is 0. The van der Waals surface area contributed by atoms with Gasteiger partial charge in [-0.1, -0.05) is 119 Å². The molecule has 3 rings (SSSR count). The molecule has 0 aliphatic carbocycles. The molecule has 0 heterocycles. The maximum Gasteiger partial charge on any atom is 1.00 e. The van der Waals surface area contributed by atoms with Crippen LogP contribution in [0.3, 0.4) is 0 Å². The first-order valence-corrected chi connectivity index (χ1v) is 15.4. The SMILES string of the molecule is CCCCCCCCCCCCc1ccccc1S(=O)(=O)[O-].O=S(=O)([O-])c1cccc2ccccc12.[Na+].[Na+]. The van der Waals surface area contributed by atoms with Crippen molar-refractivity contribution in [3.8, 4) is 0 Å². The minimum Gasteiger partial charge on any atom is -0.744 e. The van der Waals surface area contributed by atoms with Gasteiger partial charge in [-0.3, -0.25) is 0 Å². The minimum absolute atomic E-state index is 0. The zero-order valence-electron chi connectivity index (χ0n) is 22.9. The monoisotopic (exact) mass is 578 g/mol. The first-order chi connectivity index (χ1) is 17.1. The molecule has 3 aromatic carbocycles. The molecule has 0 unspecified atom stereocenters. The quantitative estimate of drug-likeness (QED) is 0.169. The molecule has 38 heavy (non-hydrogen) atoms. The van der Waals surface area contributed by atoms with Gasteiger partial charge in [-0.15, -0.1) is 0 Å². The Morgan fingerprint density at radius 1 is 0.553 bits per heavy atom. The van der Waals surface area contributed by atoms with Crippen LogP contribution < -0.4 is 59.1 Å². The Balaban J connectivity index is 0.000000740. The second kappa shape index (κ2) is 19.8. The fourth-order valence-corrected chi connectivity index (χ4v) is 5.61. The van der Waals surface area contributed by atoms with Crippen molar-refractivity contribution in [2.75, 3.05) is 0 Å². The van der Waals surface area contributed by atoms with Crippen molar-refractivity contribution < 1.29 is 85.1 Å². The van der Waals surface area contributed by atoms with E-state index >= 15 is 0 Å². The molecule has 0 radical (unpaired) electrons. The van der Waals surface area contributed by atoms with E-state index in [0.29, 0.717) is 17.4 Å². The number of hydrogen-bond donors (Lipinski definition) is 0. The molecule has 0 spiro atoms. The van der Waals surface area contributed by atoms with Gasteiger partial charge >= 0.3 is 59.1 Å². The van der Waals surface area contributed by atoms with E-state index in [1.54, 1.807) is 54.6 Å². The van der Waals surface area contributed by atoms with Crippen LogP contribution in [0.2, 0.25) is 0 Å². The summed E-state index contributed by atoms with van der Waals surface area (Å²) in [6.07, 6.45) is 13.2. The summed E-state index contributed by atoms with van der Waals surface area (Å²) in [5.74, 6) is 0. The number of hydrogen-bond acceptors (Lipinski definition) is 6. The van der Waals surface area contributed by atoms with Gasteiger partial charge in [-0.25, -0.2) is 16.8 Å². The van der Waals surface area contributed by atoms with Gasteiger partial charge in [-0.05, 0) is 41.3 Å². The Labute approximate surface area is 273 Å². The van der Waals surface area contributed by atoms with Crippen LogP contribution in [-0.4, -0.2) is 25.9 Å². The molecular formula is C28H36Na2O6S2. The second-order valence-corrected chi connectivity index (χ2v) is 11.6. The second-order valence-electron chi connectivity index (χ2n) is 8.93. The Bertz CT molecular complexity index is 1290. The Kier molecular flexibility index (Phi) is 19.6. The van der Waals surface area contributed by atoms with Crippen LogP contribution in [0.1, 0.15) is 76.7 Å². The minimum atomic E-state index is -4.38. The maximum atomic E-state index is 11.2. The summed E-state index contributed by atoms with van der Waals surface area (Å²) < 4.78 is 66.2. The summed E-state index contributed by atoms with van der Waals surface area (Å²) in [5.41, 5.74) is 0.664. The first-order valence-electron chi connectivity index (χ1n) is 12.6. The fraction of sp³-hybridized carbons (Fsp3) is 0.429. The van der Waals surface area contributed by atoms with Crippen LogP contribution in [-0.2, 0) is 26.7 Å². The third kappa shape index (κ3) is 13.9. The summed E-state index contributed by atoms with van der Waals surface area (Å²) in [5, 5.41) is 1.23. The molecule has 0 aliphatic rings.